The van der Waals surface area contributed by atoms with Crippen molar-refractivity contribution >= 4 is 0 Å². The van der Waals surface area contributed by atoms with Gasteiger partial charge in [-0.2, -0.15) is 5.10 Å². The number of hydrogen-bond donors (Lipinski definition) is 1. The Bertz CT molecular complexity index is 389. The molecule has 1 N–H and O–H groups in total. The van der Waals surface area contributed by atoms with Gasteiger partial charge in [-0.25, -0.2) is 0 Å². The minimum absolute atomic E-state index is 0.558. The van der Waals surface area contributed by atoms with Crippen LogP contribution in [0.4, 0.5) is 0 Å². The van der Waals surface area contributed by atoms with Gasteiger partial charge in [0.25, 0.3) is 0 Å². The first kappa shape index (κ1) is 16.5. The molecular formula is C17H32N4. The van der Waals surface area contributed by atoms with Gasteiger partial charge in [0.05, 0.1) is 11.7 Å². The van der Waals surface area contributed by atoms with E-state index in [4.69, 9.17) is 5.10 Å². The van der Waals surface area contributed by atoms with E-state index in [1.165, 1.54) is 38.0 Å². The summed E-state index contributed by atoms with van der Waals surface area (Å²) in [5.41, 5.74) is 1.22. The summed E-state index contributed by atoms with van der Waals surface area (Å²) in [7, 11) is 0. The van der Waals surface area contributed by atoms with Gasteiger partial charge in [0.2, 0.25) is 0 Å². The van der Waals surface area contributed by atoms with Gasteiger partial charge in [0.1, 0.15) is 0 Å². The minimum atomic E-state index is 0.558. The Labute approximate surface area is 129 Å². The van der Waals surface area contributed by atoms with Crippen LogP contribution in [0.25, 0.3) is 0 Å². The van der Waals surface area contributed by atoms with Crippen LogP contribution in [0.3, 0.4) is 0 Å². The second kappa shape index (κ2) is 8.54. The molecule has 0 bridgehead atoms. The van der Waals surface area contributed by atoms with Crippen molar-refractivity contribution in [3.63, 3.8) is 0 Å². The van der Waals surface area contributed by atoms with Crippen LogP contribution in [-0.2, 0) is 6.54 Å². The molecule has 4 nitrogen and oxygen atoms in total. The molecule has 0 aromatic carbocycles. The summed E-state index contributed by atoms with van der Waals surface area (Å²) in [5.74, 6) is 0. The monoisotopic (exact) mass is 292 g/mol. The van der Waals surface area contributed by atoms with Crippen LogP contribution in [0.5, 0.6) is 0 Å². The lowest BCUT2D eigenvalue weighted by molar-refractivity contribution is 0.188. The summed E-state index contributed by atoms with van der Waals surface area (Å²) in [4.78, 5) is 2.55. The number of hydrogen-bond acceptors (Lipinski definition) is 3. The molecule has 2 rings (SSSR count). The fourth-order valence-electron chi connectivity index (χ4n) is 3.20. The van der Waals surface area contributed by atoms with Crippen LogP contribution in [0.15, 0.2) is 12.3 Å². The first-order chi connectivity index (χ1) is 10.3. The molecule has 0 amide bonds. The second-order valence-corrected chi connectivity index (χ2v) is 6.26. The largest absolute Gasteiger partial charge is 0.314 e. The fourth-order valence-corrected chi connectivity index (χ4v) is 3.20. The molecule has 0 aliphatic carbocycles. The van der Waals surface area contributed by atoms with Crippen LogP contribution in [0.2, 0.25) is 0 Å². The summed E-state index contributed by atoms with van der Waals surface area (Å²) in [6, 6.07) is 3.48. The molecule has 1 aromatic rings. The maximum Gasteiger partial charge on any atom is 0.0764 e. The zero-order chi connectivity index (χ0) is 15.1. The molecule has 2 heterocycles. The van der Waals surface area contributed by atoms with Crippen molar-refractivity contribution in [3.05, 3.63) is 18.0 Å². The number of nitrogens with zero attached hydrogens (tertiary/aromatic N) is 3. The molecule has 1 aliphatic heterocycles. The molecule has 1 aliphatic rings. The summed E-state index contributed by atoms with van der Waals surface area (Å²) < 4.78 is 2.16. The van der Waals surface area contributed by atoms with E-state index in [0.29, 0.717) is 6.04 Å². The van der Waals surface area contributed by atoms with E-state index in [2.05, 4.69) is 47.9 Å². The second-order valence-electron chi connectivity index (χ2n) is 6.26. The lowest BCUT2D eigenvalue weighted by atomic mass is 10.0. The zero-order valence-corrected chi connectivity index (χ0v) is 14.0. The number of piperidine rings is 1. The highest BCUT2D eigenvalue weighted by Gasteiger charge is 2.19. The van der Waals surface area contributed by atoms with Crippen LogP contribution >= 0.6 is 0 Å². The molecule has 1 saturated heterocycles. The molecule has 4 heteroatoms. The third-order valence-electron chi connectivity index (χ3n) is 4.64. The Morgan fingerprint density at radius 3 is 2.57 bits per heavy atom. The van der Waals surface area contributed by atoms with Crippen molar-refractivity contribution in [2.45, 2.75) is 71.5 Å². The Kier molecular flexibility index (Phi) is 6.71. The van der Waals surface area contributed by atoms with Crippen LogP contribution in [0.1, 0.15) is 64.6 Å². The van der Waals surface area contributed by atoms with Crippen molar-refractivity contribution in [1.29, 1.82) is 0 Å². The van der Waals surface area contributed by atoms with Crippen molar-refractivity contribution in [3.8, 4) is 0 Å². The van der Waals surface area contributed by atoms with E-state index in [0.717, 1.165) is 32.0 Å². The average Bonchev–Trinajstić information content (AvgIpc) is 2.96. The predicted octanol–water partition coefficient (Wildman–Crippen LogP) is 3.21. The van der Waals surface area contributed by atoms with Crippen molar-refractivity contribution in [2.24, 2.45) is 0 Å². The fraction of sp³-hybridized carbons (Fsp3) is 0.824. The molecule has 1 fully saturated rings. The highest BCUT2D eigenvalue weighted by molar-refractivity contribution is 5.00. The lowest BCUT2D eigenvalue weighted by Gasteiger charge is -2.32. The topological polar surface area (TPSA) is 33.1 Å². The van der Waals surface area contributed by atoms with E-state index < -0.39 is 0 Å². The van der Waals surface area contributed by atoms with Crippen LogP contribution < -0.4 is 5.32 Å². The molecule has 0 radical (unpaired) electrons. The summed E-state index contributed by atoms with van der Waals surface area (Å²) >= 11 is 0. The van der Waals surface area contributed by atoms with Gasteiger partial charge in [0, 0.05) is 31.9 Å². The lowest BCUT2D eigenvalue weighted by Crippen LogP contribution is -2.42. The number of likely N-dealkylation sites (tertiary alicyclic amines) is 1. The first-order valence-electron chi connectivity index (χ1n) is 8.76. The van der Waals surface area contributed by atoms with E-state index in [1.54, 1.807) is 0 Å². The van der Waals surface area contributed by atoms with E-state index in [-0.39, 0.29) is 0 Å². The van der Waals surface area contributed by atoms with Gasteiger partial charge >= 0.3 is 0 Å². The Balaban J connectivity index is 1.78. The van der Waals surface area contributed by atoms with Crippen molar-refractivity contribution < 1.29 is 0 Å². The molecule has 0 spiro atoms. The quantitative estimate of drug-likeness (QED) is 0.798. The van der Waals surface area contributed by atoms with Gasteiger partial charge in [-0.1, -0.05) is 20.8 Å². The van der Waals surface area contributed by atoms with Gasteiger partial charge in [-0.05, 0) is 44.7 Å². The Morgan fingerprint density at radius 2 is 1.95 bits per heavy atom. The van der Waals surface area contributed by atoms with Gasteiger partial charge in [0.15, 0.2) is 0 Å². The molecular weight excluding hydrogens is 260 g/mol. The molecule has 120 valence electrons. The molecule has 0 atom stereocenters. The predicted molar refractivity (Wildman–Crippen MR) is 88.4 cm³/mol. The van der Waals surface area contributed by atoms with E-state index in [9.17, 15) is 0 Å². The van der Waals surface area contributed by atoms with Gasteiger partial charge < -0.3 is 5.32 Å². The zero-order valence-electron chi connectivity index (χ0n) is 14.0. The van der Waals surface area contributed by atoms with Gasteiger partial charge in [-0.3, -0.25) is 9.58 Å². The number of aromatic nitrogens is 2. The first-order valence-corrected chi connectivity index (χ1v) is 8.76. The number of nitrogens with one attached hydrogen (secondary N) is 1. The third kappa shape index (κ3) is 4.82. The molecule has 0 saturated carbocycles. The Hall–Kier alpha value is -0.870. The average molecular weight is 292 g/mol. The summed E-state index contributed by atoms with van der Waals surface area (Å²) in [6.07, 6.45) is 8.24. The molecule has 0 unspecified atom stereocenters. The van der Waals surface area contributed by atoms with Crippen molar-refractivity contribution in [1.82, 2.24) is 20.0 Å². The van der Waals surface area contributed by atoms with Crippen LogP contribution in [-0.4, -0.2) is 40.4 Å². The molecule has 21 heavy (non-hydrogen) atoms. The third-order valence-corrected chi connectivity index (χ3v) is 4.64. The normalized spacial score (nSPS) is 17.7. The minimum Gasteiger partial charge on any atom is -0.314 e. The van der Waals surface area contributed by atoms with Gasteiger partial charge in [-0.15, -0.1) is 0 Å². The maximum absolute atomic E-state index is 4.77. The highest BCUT2D eigenvalue weighted by Crippen LogP contribution is 2.17. The van der Waals surface area contributed by atoms with Crippen molar-refractivity contribution in [2.75, 3.05) is 19.6 Å². The highest BCUT2D eigenvalue weighted by atomic mass is 15.3. The van der Waals surface area contributed by atoms with Crippen LogP contribution in [0, 0.1) is 0 Å². The standard InChI is InChI=1S/C17H32N4/c1-4-10-18-15-7-11-20(12-8-15)14-16-9-13-21(19-16)17(5-2)6-3/h9,13,15,17-18H,4-8,10-12,14H2,1-3H3. The van der Waals surface area contributed by atoms with E-state index >= 15 is 0 Å². The van der Waals surface area contributed by atoms with E-state index in [1.807, 2.05) is 0 Å². The summed E-state index contributed by atoms with van der Waals surface area (Å²) in [6.45, 7) is 11.3. The number of rotatable bonds is 8. The maximum atomic E-state index is 4.77. The SMILES string of the molecule is CCCNC1CCN(Cc2ccn(C(CC)CC)n2)CC1. The Morgan fingerprint density at radius 1 is 1.24 bits per heavy atom. The summed E-state index contributed by atoms with van der Waals surface area (Å²) in [5, 5.41) is 8.42. The molecule has 1 aromatic heterocycles. The smallest absolute Gasteiger partial charge is 0.0764 e.